The second-order valence-electron chi connectivity index (χ2n) is 7.79. The molecule has 1 saturated heterocycles. The van der Waals surface area contributed by atoms with Crippen LogP contribution in [0.2, 0.25) is 5.02 Å². The molecule has 0 atom stereocenters. The number of carbonyl (C=O) groups excluding carboxylic acids is 1. The van der Waals surface area contributed by atoms with Crippen molar-refractivity contribution in [3.63, 3.8) is 0 Å². The van der Waals surface area contributed by atoms with Crippen LogP contribution in [0.3, 0.4) is 0 Å². The van der Waals surface area contributed by atoms with Gasteiger partial charge in [-0.2, -0.15) is 0 Å². The lowest BCUT2D eigenvalue weighted by Gasteiger charge is -2.37. The molecule has 0 aromatic heterocycles. The molecular weight excluding hydrogens is 444 g/mol. The van der Waals surface area contributed by atoms with Gasteiger partial charge >= 0.3 is 5.97 Å². The van der Waals surface area contributed by atoms with Crippen molar-refractivity contribution < 1.29 is 9.53 Å². The molecule has 1 aliphatic rings. The zero-order valence-electron chi connectivity index (χ0n) is 18.7. The molecule has 172 valence electrons. The SMILES string of the molecule is CCOC(=O)c1ccc(NC(=S)NCCCN2CCN(c3cc(Cl)ccc3C)CC2)cc1. The summed E-state index contributed by atoms with van der Waals surface area (Å²) in [5.74, 6) is -0.316. The van der Waals surface area contributed by atoms with Gasteiger partial charge in [0.05, 0.1) is 12.2 Å². The fourth-order valence-electron chi connectivity index (χ4n) is 3.72. The van der Waals surface area contributed by atoms with Crippen molar-refractivity contribution in [3.05, 3.63) is 58.6 Å². The van der Waals surface area contributed by atoms with Gasteiger partial charge in [0, 0.05) is 49.1 Å². The average Bonchev–Trinajstić information content (AvgIpc) is 2.79. The number of anilines is 2. The van der Waals surface area contributed by atoms with Crippen LogP contribution in [-0.2, 0) is 4.74 Å². The predicted octanol–water partition coefficient (Wildman–Crippen LogP) is 4.32. The smallest absolute Gasteiger partial charge is 0.338 e. The molecule has 0 unspecified atom stereocenters. The summed E-state index contributed by atoms with van der Waals surface area (Å²) in [7, 11) is 0. The third-order valence-corrected chi connectivity index (χ3v) is 5.96. The van der Waals surface area contributed by atoms with Crippen LogP contribution in [0, 0.1) is 6.92 Å². The number of benzene rings is 2. The van der Waals surface area contributed by atoms with Gasteiger partial charge < -0.3 is 20.3 Å². The fourth-order valence-corrected chi connectivity index (χ4v) is 4.11. The Morgan fingerprint density at radius 1 is 1.12 bits per heavy atom. The molecule has 32 heavy (non-hydrogen) atoms. The molecule has 2 aromatic carbocycles. The first kappa shape index (κ1) is 24.3. The number of nitrogens with one attached hydrogen (secondary N) is 2. The normalized spacial score (nSPS) is 14.2. The number of hydrogen-bond donors (Lipinski definition) is 2. The summed E-state index contributed by atoms with van der Waals surface area (Å²) in [6.45, 7) is 10.2. The van der Waals surface area contributed by atoms with Crippen LogP contribution in [0.15, 0.2) is 42.5 Å². The van der Waals surface area contributed by atoms with Crippen LogP contribution in [0.25, 0.3) is 0 Å². The van der Waals surface area contributed by atoms with Crippen molar-refractivity contribution >= 4 is 46.3 Å². The van der Waals surface area contributed by atoms with Gasteiger partial charge in [0.15, 0.2) is 5.11 Å². The molecule has 1 heterocycles. The number of halogens is 1. The summed E-state index contributed by atoms with van der Waals surface area (Å²) in [4.78, 5) is 16.6. The van der Waals surface area contributed by atoms with E-state index in [0.29, 0.717) is 17.3 Å². The van der Waals surface area contributed by atoms with Gasteiger partial charge in [-0.3, -0.25) is 4.90 Å². The third-order valence-electron chi connectivity index (χ3n) is 5.47. The summed E-state index contributed by atoms with van der Waals surface area (Å²) >= 11 is 11.6. The molecule has 2 N–H and O–H groups in total. The van der Waals surface area contributed by atoms with Crippen molar-refractivity contribution in [1.82, 2.24) is 10.2 Å². The molecule has 0 radical (unpaired) electrons. The lowest BCUT2D eigenvalue weighted by atomic mass is 10.1. The Hall–Kier alpha value is -2.35. The van der Waals surface area contributed by atoms with Gasteiger partial charge in [0.1, 0.15) is 0 Å². The van der Waals surface area contributed by atoms with Crippen molar-refractivity contribution in [2.45, 2.75) is 20.3 Å². The average molecular weight is 475 g/mol. The minimum Gasteiger partial charge on any atom is -0.462 e. The molecule has 0 spiro atoms. The van der Waals surface area contributed by atoms with E-state index in [2.05, 4.69) is 39.5 Å². The van der Waals surface area contributed by atoms with Crippen LogP contribution in [0.4, 0.5) is 11.4 Å². The van der Waals surface area contributed by atoms with Gasteiger partial charge in [0.2, 0.25) is 0 Å². The number of ether oxygens (including phenoxy) is 1. The largest absolute Gasteiger partial charge is 0.462 e. The molecule has 1 fully saturated rings. The van der Waals surface area contributed by atoms with E-state index in [1.807, 2.05) is 18.2 Å². The molecule has 6 nitrogen and oxygen atoms in total. The summed E-state index contributed by atoms with van der Waals surface area (Å²) in [6, 6.07) is 13.2. The highest BCUT2D eigenvalue weighted by molar-refractivity contribution is 7.80. The summed E-state index contributed by atoms with van der Waals surface area (Å²) < 4.78 is 4.99. The van der Waals surface area contributed by atoms with Crippen LogP contribution in [-0.4, -0.2) is 61.9 Å². The molecule has 1 aliphatic heterocycles. The minimum atomic E-state index is -0.316. The van der Waals surface area contributed by atoms with Crippen LogP contribution >= 0.6 is 23.8 Å². The van der Waals surface area contributed by atoms with Gasteiger partial charge in [-0.15, -0.1) is 0 Å². The zero-order chi connectivity index (χ0) is 22.9. The van der Waals surface area contributed by atoms with E-state index < -0.39 is 0 Å². The van der Waals surface area contributed by atoms with E-state index in [4.69, 9.17) is 28.6 Å². The number of hydrogen-bond acceptors (Lipinski definition) is 5. The van der Waals surface area contributed by atoms with E-state index in [0.717, 1.165) is 56.4 Å². The van der Waals surface area contributed by atoms with Gasteiger partial charge in [-0.25, -0.2) is 4.79 Å². The maximum absolute atomic E-state index is 11.7. The molecule has 0 bridgehead atoms. The highest BCUT2D eigenvalue weighted by atomic mass is 35.5. The van der Waals surface area contributed by atoms with Crippen LogP contribution in [0.1, 0.15) is 29.3 Å². The first-order chi connectivity index (χ1) is 15.5. The highest BCUT2D eigenvalue weighted by Gasteiger charge is 2.18. The van der Waals surface area contributed by atoms with E-state index in [1.54, 1.807) is 19.1 Å². The Labute approximate surface area is 200 Å². The van der Waals surface area contributed by atoms with E-state index in [1.165, 1.54) is 11.3 Å². The maximum atomic E-state index is 11.7. The van der Waals surface area contributed by atoms with E-state index in [-0.39, 0.29) is 5.97 Å². The molecule has 2 aromatic rings. The number of rotatable bonds is 8. The summed E-state index contributed by atoms with van der Waals surface area (Å²) in [5, 5.41) is 7.77. The van der Waals surface area contributed by atoms with Crippen molar-refractivity contribution in [2.24, 2.45) is 0 Å². The number of thiocarbonyl (C=S) groups is 1. The number of piperazine rings is 1. The zero-order valence-corrected chi connectivity index (χ0v) is 20.3. The van der Waals surface area contributed by atoms with Gasteiger partial charge in [0.25, 0.3) is 0 Å². The molecule has 3 rings (SSSR count). The standard InChI is InChI=1S/C24H31ClN4O2S/c1-3-31-23(30)19-6-9-21(10-7-19)27-24(32)26-11-4-12-28-13-15-29(16-14-28)22-17-20(25)8-5-18(22)2/h5-10,17H,3-4,11-16H2,1-2H3,(H2,26,27,32). The Balaban J connectivity index is 1.33. The highest BCUT2D eigenvalue weighted by Crippen LogP contribution is 2.25. The molecule has 0 saturated carbocycles. The number of esters is 1. The van der Waals surface area contributed by atoms with Gasteiger partial charge in [-0.1, -0.05) is 17.7 Å². The van der Waals surface area contributed by atoms with Crippen molar-refractivity contribution in [1.29, 1.82) is 0 Å². The molecule has 0 aliphatic carbocycles. The molecule has 0 amide bonds. The van der Waals surface area contributed by atoms with Gasteiger partial charge in [-0.05, 0) is 81.0 Å². The second-order valence-corrected chi connectivity index (χ2v) is 8.64. The lowest BCUT2D eigenvalue weighted by molar-refractivity contribution is 0.0526. The van der Waals surface area contributed by atoms with Crippen LogP contribution < -0.4 is 15.5 Å². The molecule has 8 heteroatoms. The lowest BCUT2D eigenvalue weighted by Crippen LogP contribution is -2.47. The Morgan fingerprint density at radius 2 is 1.84 bits per heavy atom. The predicted molar refractivity (Wildman–Crippen MR) is 136 cm³/mol. The number of carbonyl (C=O) groups is 1. The monoisotopic (exact) mass is 474 g/mol. The number of nitrogens with zero attached hydrogens (tertiary/aromatic N) is 2. The van der Waals surface area contributed by atoms with Crippen LogP contribution in [0.5, 0.6) is 0 Å². The van der Waals surface area contributed by atoms with E-state index in [9.17, 15) is 4.79 Å². The first-order valence-corrected chi connectivity index (χ1v) is 11.8. The first-order valence-electron chi connectivity index (χ1n) is 11.0. The Kier molecular flexibility index (Phi) is 9.14. The van der Waals surface area contributed by atoms with E-state index >= 15 is 0 Å². The minimum absolute atomic E-state index is 0.316. The fraction of sp³-hybridized carbons (Fsp3) is 0.417. The maximum Gasteiger partial charge on any atom is 0.338 e. The molecular formula is C24H31ClN4O2S. The number of aryl methyl sites for hydroxylation is 1. The Bertz CT molecular complexity index is 915. The second kappa shape index (κ2) is 12.0. The third kappa shape index (κ3) is 7.08. The van der Waals surface area contributed by atoms with Crippen molar-refractivity contribution in [2.75, 3.05) is 56.1 Å². The Morgan fingerprint density at radius 3 is 2.53 bits per heavy atom. The van der Waals surface area contributed by atoms with Crippen molar-refractivity contribution in [3.8, 4) is 0 Å². The topological polar surface area (TPSA) is 56.8 Å². The summed E-state index contributed by atoms with van der Waals surface area (Å²) in [6.07, 6.45) is 1.01. The quantitative estimate of drug-likeness (QED) is 0.335. The summed E-state index contributed by atoms with van der Waals surface area (Å²) in [5.41, 5.74) is 3.87.